The summed E-state index contributed by atoms with van der Waals surface area (Å²) in [6, 6.07) is 24.3. The molecule has 0 spiro atoms. The number of carbonyl (C=O) groups is 1. The van der Waals surface area contributed by atoms with E-state index >= 15 is 0 Å². The average molecular weight is 592 g/mol. The lowest BCUT2D eigenvalue weighted by atomic mass is 9.73. The molecule has 2 aromatic heterocycles. The Bertz CT molecular complexity index is 1750. The SMILES string of the molecule is Cc1noc(C(Cc2c[nH]c3ccccc23)N(C(=O)/C=C/c2ccccc2)C2CCC(c3cccc(F)c3)(N(C)C)CC2)n1. The fourth-order valence-electron chi connectivity index (χ4n) is 6.80. The van der Waals surface area contributed by atoms with Crippen LogP contribution in [0.25, 0.3) is 17.0 Å². The van der Waals surface area contributed by atoms with Gasteiger partial charge in [-0.3, -0.25) is 9.69 Å². The fourth-order valence-corrected chi connectivity index (χ4v) is 6.80. The van der Waals surface area contributed by atoms with E-state index in [1.807, 2.05) is 71.8 Å². The van der Waals surface area contributed by atoms with E-state index in [9.17, 15) is 9.18 Å². The van der Waals surface area contributed by atoms with Crippen LogP contribution in [0.2, 0.25) is 0 Å². The topological polar surface area (TPSA) is 78.3 Å². The molecule has 1 fully saturated rings. The predicted octanol–water partition coefficient (Wildman–Crippen LogP) is 7.22. The molecule has 1 atom stereocenters. The Morgan fingerprint density at radius 3 is 2.52 bits per heavy atom. The Hall–Kier alpha value is -4.56. The molecular weight excluding hydrogens is 553 g/mol. The van der Waals surface area contributed by atoms with Gasteiger partial charge in [0, 0.05) is 41.2 Å². The van der Waals surface area contributed by atoms with Crippen LogP contribution < -0.4 is 0 Å². The van der Waals surface area contributed by atoms with E-state index in [-0.39, 0.29) is 23.3 Å². The zero-order valence-corrected chi connectivity index (χ0v) is 25.4. The number of carbonyl (C=O) groups excluding carboxylic acids is 1. The third-order valence-electron chi connectivity index (χ3n) is 9.12. The van der Waals surface area contributed by atoms with Crippen molar-refractivity contribution in [3.63, 3.8) is 0 Å². The average Bonchev–Trinajstić information content (AvgIpc) is 3.66. The zero-order chi connectivity index (χ0) is 30.7. The molecule has 5 aromatic rings. The highest BCUT2D eigenvalue weighted by atomic mass is 19.1. The number of aromatic amines is 1. The molecule has 44 heavy (non-hydrogen) atoms. The molecular formula is C36H38FN5O2. The van der Waals surface area contributed by atoms with Crippen LogP contribution in [-0.4, -0.2) is 51.0 Å². The standard InChI is InChI=1S/C36H38FN5O2/c1-25-39-35(44-40-25)33(22-27-24-38-32-15-8-7-14-31(27)32)42(34(43)17-16-26-10-5-4-6-11-26)30-18-20-36(21-19-30,41(2)3)28-12-9-13-29(37)23-28/h4-17,23-24,30,33,38H,18-22H2,1-3H3/b17-16+. The fraction of sp³-hybridized carbons (Fsp3) is 0.306. The van der Waals surface area contributed by atoms with Crippen molar-refractivity contribution in [1.29, 1.82) is 0 Å². The molecule has 7 nitrogen and oxygen atoms in total. The first-order chi connectivity index (χ1) is 21.3. The first kappa shape index (κ1) is 29.5. The van der Waals surface area contributed by atoms with Gasteiger partial charge in [0.25, 0.3) is 0 Å². The van der Waals surface area contributed by atoms with E-state index in [2.05, 4.69) is 40.2 Å². The number of fused-ring (bicyclic) bond motifs is 1. The molecule has 2 heterocycles. The van der Waals surface area contributed by atoms with E-state index < -0.39 is 6.04 Å². The normalized spacial score (nSPS) is 19.5. The number of para-hydroxylation sites is 1. The highest BCUT2D eigenvalue weighted by molar-refractivity contribution is 5.92. The summed E-state index contributed by atoms with van der Waals surface area (Å²) in [5, 5.41) is 5.21. The van der Waals surface area contributed by atoms with E-state index in [0.717, 1.165) is 53.3 Å². The molecule has 0 radical (unpaired) electrons. The van der Waals surface area contributed by atoms with Gasteiger partial charge in [-0.15, -0.1) is 0 Å². The summed E-state index contributed by atoms with van der Waals surface area (Å²) in [6.07, 6.45) is 9.03. The van der Waals surface area contributed by atoms with Crippen LogP contribution in [-0.2, 0) is 16.8 Å². The molecule has 1 N–H and O–H groups in total. The first-order valence-electron chi connectivity index (χ1n) is 15.2. The Morgan fingerprint density at radius 2 is 1.82 bits per heavy atom. The van der Waals surface area contributed by atoms with Gasteiger partial charge < -0.3 is 14.4 Å². The number of halogens is 1. The maximum absolute atomic E-state index is 14.4. The number of rotatable bonds is 9. The Labute approximate surface area is 257 Å². The number of nitrogens with zero attached hydrogens (tertiary/aromatic N) is 4. The number of aryl methyl sites for hydroxylation is 1. The van der Waals surface area contributed by atoms with Crippen LogP contribution in [0.4, 0.5) is 4.39 Å². The molecule has 0 aliphatic heterocycles. The monoisotopic (exact) mass is 591 g/mol. The summed E-state index contributed by atoms with van der Waals surface area (Å²) >= 11 is 0. The molecule has 0 bridgehead atoms. The molecule has 1 unspecified atom stereocenters. The second kappa shape index (κ2) is 12.6. The number of amides is 1. The molecule has 0 saturated heterocycles. The number of hydrogen-bond donors (Lipinski definition) is 1. The summed E-state index contributed by atoms with van der Waals surface area (Å²) < 4.78 is 20.2. The van der Waals surface area contributed by atoms with Gasteiger partial charge in [0.05, 0.1) is 0 Å². The molecule has 3 aromatic carbocycles. The Balaban J connectivity index is 1.38. The van der Waals surface area contributed by atoms with Gasteiger partial charge in [-0.2, -0.15) is 4.98 Å². The molecule has 1 saturated carbocycles. The molecule has 226 valence electrons. The smallest absolute Gasteiger partial charge is 0.249 e. The van der Waals surface area contributed by atoms with Gasteiger partial charge in [-0.05, 0) is 87.7 Å². The quantitative estimate of drug-likeness (QED) is 0.183. The van der Waals surface area contributed by atoms with Gasteiger partial charge in [0.1, 0.15) is 11.9 Å². The highest BCUT2D eigenvalue weighted by Gasteiger charge is 2.43. The minimum absolute atomic E-state index is 0.0908. The van der Waals surface area contributed by atoms with Crippen LogP contribution in [0, 0.1) is 12.7 Å². The number of nitrogens with one attached hydrogen (secondary N) is 1. The van der Waals surface area contributed by atoms with E-state index in [0.29, 0.717) is 18.1 Å². The lowest BCUT2D eigenvalue weighted by Gasteiger charge is -2.48. The third kappa shape index (κ3) is 5.95. The van der Waals surface area contributed by atoms with Crippen molar-refractivity contribution in [3.05, 3.63) is 125 Å². The maximum atomic E-state index is 14.4. The zero-order valence-electron chi connectivity index (χ0n) is 25.4. The molecule has 8 heteroatoms. The van der Waals surface area contributed by atoms with Crippen molar-refractivity contribution < 1.29 is 13.7 Å². The largest absolute Gasteiger partial charge is 0.361 e. The van der Waals surface area contributed by atoms with Crippen LogP contribution in [0.15, 0.2) is 95.7 Å². The number of H-pyrrole nitrogens is 1. The summed E-state index contributed by atoms with van der Waals surface area (Å²) in [4.78, 5) is 26.5. The lowest BCUT2D eigenvalue weighted by molar-refractivity contribution is -0.133. The summed E-state index contributed by atoms with van der Waals surface area (Å²) in [7, 11) is 4.11. The van der Waals surface area contributed by atoms with E-state index in [1.165, 1.54) is 6.07 Å². The highest BCUT2D eigenvalue weighted by Crippen LogP contribution is 2.44. The second-order valence-corrected chi connectivity index (χ2v) is 11.9. The maximum Gasteiger partial charge on any atom is 0.249 e. The summed E-state index contributed by atoms with van der Waals surface area (Å²) in [6.45, 7) is 1.79. The number of hydrogen-bond acceptors (Lipinski definition) is 5. The molecule has 1 aliphatic rings. The van der Waals surface area contributed by atoms with Crippen LogP contribution in [0.5, 0.6) is 0 Å². The van der Waals surface area contributed by atoms with Crippen molar-refractivity contribution in [2.45, 2.75) is 56.7 Å². The van der Waals surface area contributed by atoms with Crippen molar-refractivity contribution in [2.24, 2.45) is 0 Å². The van der Waals surface area contributed by atoms with Gasteiger partial charge in [-0.25, -0.2) is 4.39 Å². The van der Waals surface area contributed by atoms with Crippen molar-refractivity contribution in [1.82, 2.24) is 24.9 Å². The van der Waals surface area contributed by atoms with Gasteiger partial charge in [0.2, 0.25) is 11.8 Å². The number of benzene rings is 3. The van der Waals surface area contributed by atoms with E-state index in [4.69, 9.17) is 4.52 Å². The summed E-state index contributed by atoms with van der Waals surface area (Å²) in [5.74, 6) is 0.600. The first-order valence-corrected chi connectivity index (χ1v) is 15.2. The minimum atomic E-state index is -0.477. The lowest BCUT2D eigenvalue weighted by Crippen LogP contribution is -2.51. The van der Waals surface area contributed by atoms with Gasteiger partial charge >= 0.3 is 0 Å². The summed E-state index contributed by atoms with van der Waals surface area (Å²) in [5.41, 5.74) is 3.69. The molecule has 6 rings (SSSR count). The van der Waals surface area contributed by atoms with Crippen LogP contribution >= 0.6 is 0 Å². The van der Waals surface area contributed by atoms with Crippen molar-refractivity contribution in [2.75, 3.05) is 14.1 Å². The van der Waals surface area contributed by atoms with Crippen molar-refractivity contribution >= 4 is 22.9 Å². The minimum Gasteiger partial charge on any atom is -0.361 e. The molecule has 1 amide bonds. The van der Waals surface area contributed by atoms with Gasteiger partial charge in [0.15, 0.2) is 5.82 Å². The van der Waals surface area contributed by atoms with Crippen molar-refractivity contribution in [3.8, 4) is 0 Å². The van der Waals surface area contributed by atoms with Crippen LogP contribution in [0.3, 0.4) is 0 Å². The Kier molecular flexibility index (Phi) is 8.44. The van der Waals surface area contributed by atoms with Gasteiger partial charge in [-0.1, -0.05) is 65.8 Å². The van der Waals surface area contributed by atoms with Crippen LogP contribution in [0.1, 0.15) is 60.1 Å². The predicted molar refractivity (Wildman–Crippen MR) is 170 cm³/mol. The molecule has 1 aliphatic carbocycles. The number of aromatic nitrogens is 3. The third-order valence-corrected chi connectivity index (χ3v) is 9.12. The van der Waals surface area contributed by atoms with E-state index in [1.54, 1.807) is 25.1 Å². The second-order valence-electron chi connectivity index (χ2n) is 11.9. The Morgan fingerprint density at radius 1 is 1.07 bits per heavy atom.